The van der Waals surface area contributed by atoms with Crippen LogP contribution in [0.5, 0.6) is 5.75 Å². The molecule has 7 nitrogen and oxygen atoms in total. The zero-order valence-corrected chi connectivity index (χ0v) is 15.4. The Morgan fingerprint density at radius 3 is 2.68 bits per heavy atom. The van der Waals surface area contributed by atoms with Crippen LogP contribution < -0.4 is 5.32 Å². The van der Waals surface area contributed by atoms with E-state index in [1.165, 1.54) is 6.07 Å². The zero-order chi connectivity index (χ0) is 20.0. The Bertz CT molecular complexity index is 1060. The van der Waals surface area contributed by atoms with Crippen molar-refractivity contribution in [2.75, 3.05) is 19.6 Å². The van der Waals surface area contributed by atoms with Gasteiger partial charge in [0, 0.05) is 31.2 Å². The van der Waals surface area contributed by atoms with Gasteiger partial charge in [0.1, 0.15) is 0 Å². The third-order valence-electron chi connectivity index (χ3n) is 5.02. The minimum atomic E-state index is -1.10. The number of amides is 1. The maximum Gasteiger partial charge on any atom is 0.255 e. The molecule has 1 fully saturated rings. The molecule has 0 aliphatic carbocycles. The molecule has 3 heterocycles. The number of phenols is 1. The molecule has 2 aromatic heterocycles. The number of H-pyrrole nitrogens is 1. The van der Waals surface area contributed by atoms with Crippen LogP contribution in [0.3, 0.4) is 0 Å². The fraction of sp³-hybridized carbons (Fsp3) is 0.316. The molecule has 1 aliphatic rings. The van der Waals surface area contributed by atoms with Crippen LogP contribution in [0.25, 0.3) is 22.3 Å². The third kappa shape index (κ3) is 2.97. The predicted octanol–water partition coefficient (Wildman–Crippen LogP) is 2.35. The average Bonchev–Trinajstić information content (AvgIpc) is 3.06. The van der Waals surface area contributed by atoms with E-state index in [1.54, 1.807) is 11.8 Å². The smallest absolute Gasteiger partial charge is 0.255 e. The van der Waals surface area contributed by atoms with Crippen LogP contribution in [0.1, 0.15) is 23.0 Å². The quantitative estimate of drug-likeness (QED) is 0.628. The zero-order valence-electron chi connectivity index (χ0n) is 15.4. The van der Waals surface area contributed by atoms with Crippen molar-refractivity contribution in [3.8, 4) is 17.0 Å². The Labute approximate surface area is 159 Å². The molecular formula is C19H19F2N5O2. The summed E-state index contributed by atoms with van der Waals surface area (Å²) < 4.78 is 27.6. The number of hydrogen-bond acceptors (Lipinski definition) is 5. The van der Waals surface area contributed by atoms with Gasteiger partial charge in [-0.3, -0.25) is 9.89 Å². The van der Waals surface area contributed by atoms with E-state index in [1.807, 2.05) is 6.92 Å². The van der Waals surface area contributed by atoms with Crippen LogP contribution in [0, 0.1) is 18.6 Å². The number of aromatic amines is 1. The van der Waals surface area contributed by atoms with Gasteiger partial charge in [-0.05, 0) is 32.0 Å². The van der Waals surface area contributed by atoms with Gasteiger partial charge in [-0.1, -0.05) is 0 Å². The topological polar surface area (TPSA) is 94.1 Å². The average molecular weight is 387 g/mol. The van der Waals surface area contributed by atoms with Gasteiger partial charge >= 0.3 is 0 Å². The number of halogens is 2. The van der Waals surface area contributed by atoms with Crippen molar-refractivity contribution in [3.05, 3.63) is 41.1 Å². The Kier molecular flexibility index (Phi) is 4.46. The first-order chi connectivity index (χ1) is 13.4. The fourth-order valence-corrected chi connectivity index (χ4v) is 3.51. The van der Waals surface area contributed by atoms with Crippen LogP contribution in [-0.4, -0.2) is 56.8 Å². The summed E-state index contributed by atoms with van der Waals surface area (Å²) in [6, 6.07) is 3.49. The van der Waals surface area contributed by atoms with Crippen molar-refractivity contribution in [1.29, 1.82) is 0 Å². The monoisotopic (exact) mass is 387 g/mol. The lowest BCUT2D eigenvalue weighted by atomic mass is 10.0. The number of aryl methyl sites for hydroxylation is 1. The highest BCUT2D eigenvalue weighted by Crippen LogP contribution is 2.31. The van der Waals surface area contributed by atoms with Gasteiger partial charge in [-0.2, -0.15) is 5.10 Å². The SMILES string of the molecule is Cc1n[nH]c2nc(-c3cc(F)c(O)c(F)c3)cc(C(=O)N3CCNCC3C)c12. The summed E-state index contributed by atoms with van der Waals surface area (Å²) in [6.07, 6.45) is 0. The molecule has 1 aromatic carbocycles. The molecule has 0 bridgehead atoms. The maximum atomic E-state index is 13.8. The molecule has 1 aliphatic heterocycles. The van der Waals surface area contributed by atoms with Crippen LogP contribution in [0.2, 0.25) is 0 Å². The molecular weight excluding hydrogens is 368 g/mol. The standard InChI is InChI=1S/C19H19F2N5O2/c1-9-8-22-3-4-26(9)19(28)12-7-15(23-18-16(12)10(2)24-25-18)11-5-13(20)17(27)14(21)6-11/h5-7,9,22,27H,3-4,8H2,1-2H3,(H,23,24,25). The highest BCUT2D eigenvalue weighted by molar-refractivity contribution is 6.07. The number of carbonyl (C=O) groups excluding carboxylic acids is 1. The first-order valence-electron chi connectivity index (χ1n) is 8.92. The van der Waals surface area contributed by atoms with Gasteiger partial charge in [-0.25, -0.2) is 13.8 Å². The lowest BCUT2D eigenvalue weighted by Gasteiger charge is -2.34. The second-order valence-corrected chi connectivity index (χ2v) is 6.93. The first kappa shape index (κ1) is 18.3. The molecule has 1 unspecified atom stereocenters. The molecule has 1 amide bonds. The van der Waals surface area contributed by atoms with Gasteiger partial charge < -0.3 is 15.3 Å². The summed E-state index contributed by atoms with van der Waals surface area (Å²) in [5.41, 5.74) is 1.66. The Hall–Kier alpha value is -3.07. The normalized spacial score (nSPS) is 17.3. The number of aromatic hydroxyl groups is 1. The minimum absolute atomic E-state index is 0.00341. The van der Waals surface area contributed by atoms with E-state index in [2.05, 4.69) is 20.5 Å². The summed E-state index contributed by atoms with van der Waals surface area (Å²) in [7, 11) is 0. The van der Waals surface area contributed by atoms with Crippen molar-refractivity contribution in [3.63, 3.8) is 0 Å². The second kappa shape index (κ2) is 6.83. The Balaban J connectivity index is 1.88. The van der Waals surface area contributed by atoms with Gasteiger partial charge in [0.25, 0.3) is 5.91 Å². The molecule has 0 radical (unpaired) electrons. The van der Waals surface area contributed by atoms with Crippen LogP contribution in [-0.2, 0) is 0 Å². The molecule has 4 rings (SSSR count). The number of piperazine rings is 1. The van der Waals surface area contributed by atoms with Gasteiger partial charge in [0.15, 0.2) is 23.0 Å². The number of fused-ring (bicyclic) bond motifs is 1. The molecule has 3 N–H and O–H groups in total. The van der Waals surface area contributed by atoms with E-state index in [0.717, 1.165) is 12.1 Å². The van der Waals surface area contributed by atoms with E-state index in [-0.39, 0.29) is 23.2 Å². The van der Waals surface area contributed by atoms with E-state index >= 15 is 0 Å². The summed E-state index contributed by atoms with van der Waals surface area (Å²) in [4.78, 5) is 19.4. The third-order valence-corrected chi connectivity index (χ3v) is 5.02. The molecule has 28 heavy (non-hydrogen) atoms. The molecule has 0 spiro atoms. The lowest BCUT2D eigenvalue weighted by molar-refractivity contribution is 0.0657. The second-order valence-electron chi connectivity index (χ2n) is 6.93. The number of hydrogen-bond donors (Lipinski definition) is 3. The fourth-order valence-electron chi connectivity index (χ4n) is 3.51. The summed E-state index contributed by atoms with van der Waals surface area (Å²) in [5.74, 6) is -3.43. The minimum Gasteiger partial charge on any atom is -0.503 e. The van der Waals surface area contributed by atoms with Gasteiger partial charge in [0.2, 0.25) is 0 Å². The molecule has 0 saturated carbocycles. The summed E-state index contributed by atoms with van der Waals surface area (Å²) in [6.45, 7) is 5.65. The molecule has 146 valence electrons. The Morgan fingerprint density at radius 2 is 2.00 bits per heavy atom. The molecule has 9 heteroatoms. The number of nitrogens with one attached hydrogen (secondary N) is 2. The number of pyridine rings is 1. The summed E-state index contributed by atoms with van der Waals surface area (Å²) in [5, 5.41) is 20.1. The maximum absolute atomic E-state index is 13.8. The number of rotatable bonds is 2. The first-order valence-corrected chi connectivity index (χ1v) is 8.92. The Morgan fingerprint density at radius 1 is 1.29 bits per heavy atom. The highest BCUT2D eigenvalue weighted by atomic mass is 19.1. The van der Waals surface area contributed by atoms with Gasteiger partial charge in [-0.15, -0.1) is 0 Å². The molecule has 1 atom stereocenters. The largest absolute Gasteiger partial charge is 0.503 e. The van der Waals surface area contributed by atoms with Crippen LogP contribution >= 0.6 is 0 Å². The van der Waals surface area contributed by atoms with Crippen LogP contribution in [0.15, 0.2) is 18.2 Å². The predicted molar refractivity (Wildman–Crippen MR) is 99.0 cm³/mol. The van der Waals surface area contributed by atoms with Crippen molar-refractivity contribution in [2.45, 2.75) is 19.9 Å². The van der Waals surface area contributed by atoms with Crippen molar-refractivity contribution in [2.24, 2.45) is 0 Å². The van der Waals surface area contributed by atoms with Crippen molar-refractivity contribution >= 4 is 16.9 Å². The van der Waals surface area contributed by atoms with Crippen molar-refractivity contribution in [1.82, 2.24) is 25.4 Å². The van der Waals surface area contributed by atoms with E-state index in [9.17, 15) is 18.7 Å². The lowest BCUT2D eigenvalue weighted by Crippen LogP contribution is -2.52. The summed E-state index contributed by atoms with van der Waals surface area (Å²) >= 11 is 0. The number of nitrogens with zero attached hydrogens (tertiary/aromatic N) is 3. The molecule has 1 saturated heterocycles. The van der Waals surface area contributed by atoms with Crippen LogP contribution in [0.4, 0.5) is 8.78 Å². The highest BCUT2D eigenvalue weighted by Gasteiger charge is 2.27. The number of benzene rings is 1. The number of carbonyl (C=O) groups is 1. The number of phenolic OH excluding ortho intramolecular Hbond substituents is 1. The van der Waals surface area contributed by atoms with E-state index in [0.29, 0.717) is 41.9 Å². The number of aromatic nitrogens is 3. The molecule has 3 aromatic rings. The van der Waals surface area contributed by atoms with Gasteiger partial charge in [0.05, 0.1) is 22.3 Å². The van der Waals surface area contributed by atoms with Crippen molar-refractivity contribution < 1.29 is 18.7 Å². The van der Waals surface area contributed by atoms with E-state index in [4.69, 9.17) is 0 Å². The van der Waals surface area contributed by atoms with E-state index < -0.39 is 17.4 Å².